The molecule has 0 saturated carbocycles. The molecule has 4 rings (SSSR count). The molecule has 24 heavy (non-hydrogen) atoms. The normalized spacial score (nSPS) is 15.8. The van der Waals surface area contributed by atoms with Gasteiger partial charge in [0, 0.05) is 55.6 Å². The number of rotatable bonds is 2. The number of aromatic amines is 1. The van der Waals surface area contributed by atoms with Gasteiger partial charge in [-0.3, -0.25) is 14.7 Å². The minimum atomic E-state index is -0.211. The largest absolute Gasteiger partial charge is 0.321 e. The average Bonchev–Trinajstić information content (AvgIpc) is 3.18. The van der Waals surface area contributed by atoms with E-state index in [2.05, 4.69) is 20.8 Å². The Hall–Kier alpha value is -2.67. The lowest BCUT2D eigenvalue weighted by molar-refractivity contribution is -0.116. The lowest BCUT2D eigenvalue weighted by atomic mass is 10.1. The second-order valence-electron chi connectivity index (χ2n) is 6.17. The van der Waals surface area contributed by atoms with E-state index in [0.29, 0.717) is 18.8 Å². The maximum Gasteiger partial charge on any atom is 0.276 e. The fourth-order valence-electron chi connectivity index (χ4n) is 3.41. The number of amides is 2. The number of hydrogen-bond donors (Lipinski definition) is 3. The van der Waals surface area contributed by atoms with Crippen LogP contribution >= 0.6 is 0 Å². The molecule has 0 atom stereocenters. The van der Waals surface area contributed by atoms with Crippen LogP contribution in [0.3, 0.4) is 0 Å². The maximum atomic E-state index is 12.5. The van der Waals surface area contributed by atoms with Crippen LogP contribution in [-0.4, -0.2) is 35.1 Å². The van der Waals surface area contributed by atoms with Crippen molar-refractivity contribution in [3.63, 3.8) is 0 Å². The maximum absolute atomic E-state index is 12.5. The summed E-state index contributed by atoms with van der Waals surface area (Å²) in [6.45, 7) is 3.82. The van der Waals surface area contributed by atoms with Crippen LogP contribution in [0.15, 0.2) is 18.2 Å². The van der Waals surface area contributed by atoms with E-state index in [0.717, 1.165) is 47.6 Å². The number of H-pyrrole nitrogens is 1. The van der Waals surface area contributed by atoms with Crippen LogP contribution in [0.1, 0.15) is 34.2 Å². The minimum Gasteiger partial charge on any atom is -0.321 e. The third-order valence-corrected chi connectivity index (χ3v) is 4.63. The highest BCUT2D eigenvalue weighted by atomic mass is 16.2. The molecule has 2 aromatic rings. The fraction of sp³-hybridized carbons (Fsp3) is 0.353. The highest BCUT2D eigenvalue weighted by molar-refractivity contribution is 6.04. The van der Waals surface area contributed by atoms with Crippen molar-refractivity contribution in [1.29, 1.82) is 0 Å². The quantitative estimate of drug-likeness (QED) is 0.774. The molecular formula is C17H19N5O2. The Bertz CT molecular complexity index is 826. The van der Waals surface area contributed by atoms with Crippen LogP contribution in [0.2, 0.25) is 0 Å². The summed E-state index contributed by atoms with van der Waals surface area (Å²) in [7, 11) is 0. The number of fused-ring (bicyclic) bond motifs is 2. The van der Waals surface area contributed by atoms with Crippen LogP contribution in [-0.2, 0) is 24.2 Å². The van der Waals surface area contributed by atoms with Crippen molar-refractivity contribution in [3.05, 3.63) is 40.7 Å². The topological polar surface area (TPSA) is 90.1 Å². The zero-order chi connectivity index (χ0) is 16.7. The van der Waals surface area contributed by atoms with Gasteiger partial charge in [0.25, 0.3) is 5.91 Å². The highest BCUT2D eigenvalue weighted by Gasteiger charge is 2.24. The van der Waals surface area contributed by atoms with E-state index in [9.17, 15) is 9.59 Å². The summed E-state index contributed by atoms with van der Waals surface area (Å²) in [5, 5.41) is 13.3. The monoisotopic (exact) mass is 325 g/mol. The Balaban J connectivity index is 1.55. The van der Waals surface area contributed by atoms with Crippen molar-refractivity contribution in [2.45, 2.75) is 26.3 Å². The third-order valence-electron chi connectivity index (χ3n) is 4.63. The molecule has 7 heteroatoms. The van der Waals surface area contributed by atoms with Crippen LogP contribution in [0.5, 0.6) is 0 Å². The molecular weight excluding hydrogens is 306 g/mol. The molecule has 124 valence electrons. The molecule has 0 unspecified atom stereocenters. The van der Waals surface area contributed by atoms with Crippen molar-refractivity contribution in [3.8, 4) is 0 Å². The first-order chi connectivity index (χ1) is 11.6. The van der Waals surface area contributed by atoms with Gasteiger partial charge in [0.1, 0.15) is 0 Å². The summed E-state index contributed by atoms with van der Waals surface area (Å²) in [4.78, 5) is 25.9. The van der Waals surface area contributed by atoms with Gasteiger partial charge < -0.3 is 15.5 Å². The lowest BCUT2D eigenvalue weighted by Crippen LogP contribution is -2.25. The van der Waals surface area contributed by atoms with Gasteiger partial charge in [-0.1, -0.05) is 0 Å². The Kier molecular flexibility index (Phi) is 3.57. The number of nitrogens with zero attached hydrogens (tertiary/aromatic N) is 2. The van der Waals surface area contributed by atoms with Crippen LogP contribution < -0.4 is 15.5 Å². The van der Waals surface area contributed by atoms with Gasteiger partial charge in [0.05, 0.1) is 0 Å². The van der Waals surface area contributed by atoms with Gasteiger partial charge in [-0.05, 0) is 30.2 Å². The predicted octanol–water partition coefficient (Wildman–Crippen LogP) is 1.22. The van der Waals surface area contributed by atoms with E-state index >= 15 is 0 Å². The van der Waals surface area contributed by atoms with Gasteiger partial charge in [-0.2, -0.15) is 5.10 Å². The van der Waals surface area contributed by atoms with Gasteiger partial charge in [0.2, 0.25) is 5.91 Å². The van der Waals surface area contributed by atoms with Crippen LogP contribution in [0, 0.1) is 0 Å². The van der Waals surface area contributed by atoms with E-state index in [1.807, 2.05) is 18.2 Å². The predicted molar refractivity (Wildman–Crippen MR) is 90.1 cm³/mol. The number of nitrogens with one attached hydrogen (secondary N) is 3. The van der Waals surface area contributed by atoms with Crippen molar-refractivity contribution >= 4 is 23.2 Å². The molecule has 0 spiro atoms. The summed E-state index contributed by atoms with van der Waals surface area (Å²) in [6.07, 6.45) is 1.66. The molecule has 3 heterocycles. The molecule has 3 N–H and O–H groups in total. The SMILES string of the molecule is CC(=O)N1CCc2cc(NC(=O)c3n[nH]c4c3CNCC4)ccc21. The summed E-state index contributed by atoms with van der Waals surface area (Å²) < 4.78 is 0. The summed E-state index contributed by atoms with van der Waals surface area (Å²) in [5.41, 5.74) is 5.16. The van der Waals surface area contributed by atoms with Crippen molar-refractivity contribution in [1.82, 2.24) is 15.5 Å². The highest BCUT2D eigenvalue weighted by Crippen LogP contribution is 2.30. The number of carbonyl (C=O) groups is 2. The molecule has 0 bridgehead atoms. The zero-order valence-electron chi connectivity index (χ0n) is 13.5. The number of aromatic nitrogens is 2. The third kappa shape index (κ3) is 2.46. The molecule has 2 aliphatic rings. The lowest BCUT2D eigenvalue weighted by Gasteiger charge is -2.15. The molecule has 2 amide bonds. The number of carbonyl (C=O) groups excluding carboxylic acids is 2. The Morgan fingerprint density at radius 3 is 3.00 bits per heavy atom. The van der Waals surface area contributed by atoms with Gasteiger partial charge in [-0.15, -0.1) is 0 Å². The van der Waals surface area contributed by atoms with E-state index in [1.54, 1.807) is 11.8 Å². The average molecular weight is 325 g/mol. The van der Waals surface area contributed by atoms with Crippen LogP contribution in [0.25, 0.3) is 0 Å². The summed E-state index contributed by atoms with van der Waals surface area (Å²) >= 11 is 0. The minimum absolute atomic E-state index is 0.0428. The molecule has 0 fully saturated rings. The van der Waals surface area contributed by atoms with E-state index in [-0.39, 0.29) is 11.8 Å². The molecule has 1 aromatic heterocycles. The van der Waals surface area contributed by atoms with Crippen LogP contribution in [0.4, 0.5) is 11.4 Å². The molecule has 2 aliphatic heterocycles. The first kappa shape index (κ1) is 14.9. The standard InChI is InChI=1S/C17H19N5O2/c1-10(23)22-7-5-11-8-12(2-3-15(11)22)19-17(24)16-13-9-18-6-4-14(13)20-21-16/h2-3,8,18H,4-7,9H2,1H3,(H,19,24)(H,20,21). The number of benzene rings is 1. The molecule has 0 saturated heterocycles. The second kappa shape index (κ2) is 5.76. The molecule has 7 nitrogen and oxygen atoms in total. The van der Waals surface area contributed by atoms with Gasteiger partial charge >= 0.3 is 0 Å². The number of hydrogen-bond acceptors (Lipinski definition) is 4. The zero-order valence-corrected chi connectivity index (χ0v) is 13.5. The number of anilines is 2. The summed E-state index contributed by atoms with van der Waals surface area (Å²) in [6, 6.07) is 5.66. The first-order valence-corrected chi connectivity index (χ1v) is 8.12. The molecule has 0 radical (unpaired) electrons. The summed E-state index contributed by atoms with van der Waals surface area (Å²) in [5.74, 6) is -0.168. The Labute approximate surface area is 139 Å². The molecule has 0 aliphatic carbocycles. The Morgan fingerprint density at radius 1 is 1.29 bits per heavy atom. The first-order valence-electron chi connectivity index (χ1n) is 8.12. The molecule has 1 aromatic carbocycles. The second-order valence-corrected chi connectivity index (χ2v) is 6.17. The van der Waals surface area contributed by atoms with Crippen molar-refractivity contribution in [2.75, 3.05) is 23.3 Å². The Morgan fingerprint density at radius 2 is 2.17 bits per heavy atom. The van der Waals surface area contributed by atoms with Gasteiger partial charge in [-0.25, -0.2) is 0 Å². The van der Waals surface area contributed by atoms with E-state index < -0.39 is 0 Å². The fourth-order valence-corrected chi connectivity index (χ4v) is 3.41. The van der Waals surface area contributed by atoms with E-state index in [4.69, 9.17) is 0 Å². The van der Waals surface area contributed by atoms with Gasteiger partial charge in [0.15, 0.2) is 5.69 Å². The van der Waals surface area contributed by atoms with E-state index in [1.165, 1.54) is 0 Å². The van der Waals surface area contributed by atoms with Crippen molar-refractivity contribution < 1.29 is 9.59 Å². The smallest absolute Gasteiger partial charge is 0.276 e. The van der Waals surface area contributed by atoms with Crippen molar-refractivity contribution in [2.24, 2.45) is 0 Å².